The van der Waals surface area contributed by atoms with E-state index in [4.69, 9.17) is 0 Å². The molecule has 0 unspecified atom stereocenters. The van der Waals surface area contributed by atoms with Gasteiger partial charge in [0.05, 0.1) is 13.1 Å². The summed E-state index contributed by atoms with van der Waals surface area (Å²) in [6.45, 7) is 4.02. The number of imide groups is 1. The summed E-state index contributed by atoms with van der Waals surface area (Å²) in [5, 5.41) is 2.98. The maximum Gasteiger partial charge on any atom is 0.325 e. The number of piperidine rings is 1. The number of aromatic amines is 1. The summed E-state index contributed by atoms with van der Waals surface area (Å²) in [7, 11) is 0. The molecule has 0 bridgehead atoms. The highest BCUT2D eigenvalue weighted by Gasteiger charge is 2.55. The van der Waals surface area contributed by atoms with E-state index >= 15 is 0 Å². The van der Waals surface area contributed by atoms with Crippen molar-refractivity contribution in [2.75, 3.05) is 19.6 Å². The lowest BCUT2D eigenvalue weighted by atomic mass is 9.74. The molecule has 1 aromatic heterocycles. The number of nitrogens with one attached hydrogen (secondary N) is 2. The first kappa shape index (κ1) is 21.1. The topological polar surface area (TPSA) is 81.3 Å². The quantitative estimate of drug-likeness (QED) is 0.552. The van der Waals surface area contributed by atoms with Crippen LogP contribution in [0, 0.1) is 23.6 Å². The predicted molar refractivity (Wildman–Crippen MR) is 113 cm³/mol. The summed E-state index contributed by atoms with van der Waals surface area (Å²) in [6, 6.07) is 5.81. The molecule has 2 fully saturated rings. The molecule has 162 valence electrons. The second-order valence-corrected chi connectivity index (χ2v) is 8.11. The molecule has 7 nitrogen and oxygen atoms in total. The molecule has 3 amide bonds. The van der Waals surface area contributed by atoms with E-state index in [1.165, 1.54) is 17.0 Å². The van der Waals surface area contributed by atoms with E-state index in [0.717, 1.165) is 38.3 Å². The van der Waals surface area contributed by atoms with E-state index in [2.05, 4.69) is 32.0 Å². The van der Waals surface area contributed by atoms with Crippen molar-refractivity contribution in [3.05, 3.63) is 53.9 Å². The third kappa shape index (κ3) is 4.32. The first-order chi connectivity index (χ1) is 15.0. The van der Waals surface area contributed by atoms with Gasteiger partial charge in [0.25, 0.3) is 5.91 Å². The van der Waals surface area contributed by atoms with Crippen LogP contribution in [0.5, 0.6) is 0 Å². The standard InChI is InChI=1S/C23H26FN5O2/c1-2-3-11-29-21(30)23(27-22(29)31,15-17-5-4-6-19(24)14-17)18-7-12-28(13-8-18)16-20-25-9-10-26-20/h4-6,9-10,14,18H,7-8,11-13,15-16H2,1H3,(H,25,26)(H,27,31)/t23-/m0/s1. The minimum absolute atomic E-state index is 0.0559. The summed E-state index contributed by atoms with van der Waals surface area (Å²) in [4.78, 5) is 37.1. The zero-order chi connectivity index (χ0) is 21.8. The van der Waals surface area contributed by atoms with Crippen LogP contribution in [0.15, 0.2) is 36.7 Å². The van der Waals surface area contributed by atoms with Crippen LogP contribution in [-0.2, 0) is 17.8 Å². The summed E-state index contributed by atoms with van der Waals surface area (Å²) >= 11 is 0. The van der Waals surface area contributed by atoms with Crippen molar-refractivity contribution >= 4 is 11.9 Å². The Hall–Kier alpha value is -3.18. The summed E-state index contributed by atoms with van der Waals surface area (Å²) in [5.74, 6) is 5.77. The van der Waals surface area contributed by atoms with Crippen LogP contribution in [0.25, 0.3) is 0 Å². The van der Waals surface area contributed by atoms with E-state index in [1.807, 2.05) is 0 Å². The Bertz CT molecular complexity index is 1000. The van der Waals surface area contributed by atoms with Crippen LogP contribution >= 0.6 is 0 Å². The van der Waals surface area contributed by atoms with Gasteiger partial charge in [-0.1, -0.05) is 18.1 Å². The lowest BCUT2D eigenvalue weighted by molar-refractivity contribution is -0.133. The smallest absolute Gasteiger partial charge is 0.325 e. The number of halogens is 1. The second-order valence-electron chi connectivity index (χ2n) is 8.11. The largest absolute Gasteiger partial charge is 0.348 e. The Morgan fingerprint density at radius 3 is 2.77 bits per heavy atom. The van der Waals surface area contributed by atoms with Crippen molar-refractivity contribution in [2.24, 2.45) is 5.92 Å². The molecular weight excluding hydrogens is 397 g/mol. The van der Waals surface area contributed by atoms with Crippen LogP contribution in [0.1, 0.15) is 31.2 Å². The molecule has 31 heavy (non-hydrogen) atoms. The number of hydrogen-bond acceptors (Lipinski definition) is 4. The number of nitrogens with zero attached hydrogens (tertiary/aromatic N) is 3. The summed E-state index contributed by atoms with van der Waals surface area (Å²) < 4.78 is 13.8. The van der Waals surface area contributed by atoms with E-state index in [1.54, 1.807) is 31.5 Å². The number of carbonyl (C=O) groups excluding carboxylic acids is 2. The van der Waals surface area contributed by atoms with Crippen molar-refractivity contribution in [3.63, 3.8) is 0 Å². The molecule has 2 saturated heterocycles. The van der Waals surface area contributed by atoms with Crippen molar-refractivity contribution in [3.8, 4) is 11.8 Å². The number of hydrogen-bond donors (Lipinski definition) is 2. The van der Waals surface area contributed by atoms with Gasteiger partial charge in [-0.25, -0.2) is 14.2 Å². The van der Waals surface area contributed by atoms with Crippen molar-refractivity contribution in [1.29, 1.82) is 0 Å². The molecule has 3 heterocycles. The lowest BCUT2D eigenvalue weighted by Gasteiger charge is -2.40. The highest BCUT2D eigenvalue weighted by Crippen LogP contribution is 2.36. The van der Waals surface area contributed by atoms with Crippen LogP contribution in [0.2, 0.25) is 0 Å². The SMILES string of the molecule is CC#CCN1C(=O)N[C@@](Cc2cccc(F)c2)(C2CCN(Cc3ncc[nH]3)CC2)C1=O. The molecule has 2 aliphatic heterocycles. The Kier molecular flexibility index (Phi) is 6.05. The Balaban J connectivity index is 1.56. The van der Waals surface area contributed by atoms with Crippen LogP contribution in [0.4, 0.5) is 9.18 Å². The van der Waals surface area contributed by atoms with E-state index in [0.29, 0.717) is 5.56 Å². The second kappa shape index (κ2) is 8.90. The maximum absolute atomic E-state index is 13.8. The monoisotopic (exact) mass is 423 g/mol. The van der Waals surface area contributed by atoms with Gasteiger partial charge in [-0.05, 0) is 56.5 Å². The molecule has 2 N–H and O–H groups in total. The average Bonchev–Trinajstić information content (AvgIpc) is 3.34. The van der Waals surface area contributed by atoms with Gasteiger partial charge in [-0.15, -0.1) is 5.92 Å². The molecule has 8 heteroatoms. The molecule has 0 spiro atoms. The molecule has 1 atom stereocenters. The van der Waals surface area contributed by atoms with Gasteiger partial charge in [0.1, 0.15) is 17.2 Å². The summed E-state index contributed by atoms with van der Waals surface area (Å²) in [6.07, 6.45) is 5.28. The molecule has 0 radical (unpaired) electrons. The van der Waals surface area contributed by atoms with Crippen molar-refractivity contribution in [1.82, 2.24) is 25.1 Å². The third-order valence-corrected chi connectivity index (χ3v) is 6.20. The van der Waals surface area contributed by atoms with Gasteiger partial charge in [0.2, 0.25) is 0 Å². The maximum atomic E-state index is 13.8. The summed E-state index contributed by atoms with van der Waals surface area (Å²) in [5.41, 5.74) is -0.396. The molecule has 2 aliphatic rings. The first-order valence-electron chi connectivity index (χ1n) is 10.5. The fourth-order valence-corrected chi connectivity index (χ4v) is 4.64. The van der Waals surface area contributed by atoms with Gasteiger partial charge in [0, 0.05) is 18.8 Å². The first-order valence-corrected chi connectivity index (χ1v) is 10.5. The Labute approximate surface area is 181 Å². The molecule has 1 aromatic carbocycles. The highest BCUT2D eigenvalue weighted by molar-refractivity contribution is 6.07. The number of aromatic nitrogens is 2. The number of imidazole rings is 1. The molecule has 0 saturated carbocycles. The fourth-order valence-electron chi connectivity index (χ4n) is 4.64. The van der Waals surface area contributed by atoms with Gasteiger partial charge < -0.3 is 10.3 Å². The predicted octanol–water partition coefficient (Wildman–Crippen LogP) is 2.32. The van der Waals surface area contributed by atoms with Gasteiger partial charge in [0.15, 0.2) is 0 Å². The van der Waals surface area contributed by atoms with Gasteiger partial charge in [-0.3, -0.25) is 14.6 Å². The minimum Gasteiger partial charge on any atom is -0.348 e. The molecule has 0 aliphatic carbocycles. The highest BCUT2D eigenvalue weighted by atomic mass is 19.1. The number of carbonyl (C=O) groups is 2. The number of benzene rings is 1. The minimum atomic E-state index is -1.09. The average molecular weight is 423 g/mol. The lowest BCUT2D eigenvalue weighted by Crippen LogP contribution is -2.57. The molecule has 2 aromatic rings. The number of urea groups is 1. The Morgan fingerprint density at radius 2 is 2.10 bits per heavy atom. The number of H-pyrrole nitrogens is 1. The zero-order valence-corrected chi connectivity index (χ0v) is 17.5. The van der Waals surface area contributed by atoms with Crippen molar-refractivity contribution in [2.45, 2.75) is 38.3 Å². The van der Waals surface area contributed by atoms with Crippen LogP contribution < -0.4 is 5.32 Å². The Morgan fingerprint density at radius 1 is 1.29 bits per heavy atom. The van der Waals surface area contributed by atoms with Crippen molar-refractivity contribution < 1.29 is 14.0 Å². The third-order valence-electron chi connectivity index (χ3n) is 6.20. The number of amides is 3. The van der Waals surface area contributed by atoms with Crippen LogP contribution in [-0.4, -0.2) is 56.9 Å². The van der Waals surface area contributed by atoms with E-state index in [-0.39, 0.29) is 30.6 Å². The zero-order valence-electron chi connectivity index (χ0n) is 17.5. The van der Waals surface area contributed by atoms with E-state index < -0.39 is 11.6 Å². The number of rotatable bonds is 6. The van der Waals surface area contributed by atoms with Gasteiger partial charge in [-0.2, -0.15) is 0 Å². The number of likely N-dealkylation sites (tertiary alicyclic amines) is 1. The van der Waals surface area contributed by atoms with Crippen LogP contribution in [0.3, 0.4) is 0 Å². The molecule has 4 rings (SSSR count). The van der Waals surface area contributed by atoms with E-state index in [9.17, 15) is 14.0 Å². The van der Waals surface area contributed by atoms with Gasteiger partial charge >= 0.3 is 6.03 Å². The fraction of sp³-hybridized carbons (Fsp3) is 0.435. The normalized spacial score (nSPS) is 22.3. The molecular formula is C23H26FN5O2.